The summed E-state index contributed by atoms with van der Waals surface area (Å²) in [6, 6.07) is 10.9. The van der Waals surface area contributed by atoms with E-state index in [-0.39, 0.29) is 11.8 Å². The van der Waals surface area contributed by atoms with Gasteiger partial charge in [0.2, 0.25) is 5.91 Å². The van der Waals surface area contributed by atoms with Crippen LogP contribution in [0.15, 0.2) is 47.1 Å². The van der Waals surface area contributed by atoms with Crippen molar-refractivity contribution in [1.82, 2.24) is 4.90 Å². The van der Waals surface area contributed by atoms with E-state index in [1.807, 2.05) is 18.2 Å². The summed E-state index contributed by atoms with van der Waals surface area (Å²) in [6.07, 6.45) is 4.15. The van der Waals surface area contributed by atoms with Crippen LogP contribution >= 0.6 is 0 Å². The molecule has 2 amide bonds. The van der Waals surface area contributed by atoms with E-state index < -0.39 is 0 Å². The Labute approximate surface area is 153 Å². The number of carbonyl (C=O) groups is 2. The van der Waals surface area contributed by atoms with Gasteiger partial charge in [0.25, 0.3) is 5.91 Å². The number of hydrogen-bond donors (Lipinski definition) is 0. The predicted octanol–water partition coefficient (Wildman–Crippen LogP) is 3.09. The largest absolute Gasteiger partial charge is 0.467 e. The van der Waals surface area contributed by atoms with Crippen molar-refractivity contribution in [2.24, 2.45) is 0 Å². The molecule has 1 fully saturated rings. The smallest absolute Gasteiger partial charge is 0.254 e. The molecule has 1 aromatic heterocycles. The molecule has 0 radical (unpaired) electrons. The minimum atomic E-state index is -0.0880. The summed E-state index contributed by atoms with van der Waals surface area (Å²) in [5.74, 6) is 0.787. The minimum Gasteiger partial charge on any atom is -0.467 e. The van der Waals surface area contributed by atoms with Crippen LogP contribution in [0, 0.1) is 0 Å². The molecule has 0 N–H and O–H groups in total. The number of methoxy groups -OCH3 is 1. The summed E-state index contributed by atoms with van der Waals surface area (Å²) in [6.45, 7) is 2.06. The second-order valence-electron chi connectivity index (χ2n) is 6.35. The molecule has 0 unspecified atom stereocenters. The molecule has 2 heterocycles. The molecule has 0 saturated carbocycles. The lowest BCUT2D eigenvalue weighted by Crippen LogP contribution is -2.35. The topological polar surface area (TPSA) is 63.0 Å². The van der Waals surface area contributed by atoms with Gasteiger partial charge in [-0.3, -0.25) is 9.59 Å². The fourth-order valence-corrected chi connectivity index (χ4v) is 3.09. The zero-order valence-electron chi connectivity index (χ0n) is 15.0. The van der Waals surface area contributed by atoms with Crippen molar-refractivity contribution in [2.75, 3.05) is 31.7 Å². The van der Waals surface area contributed by atoms with Crippen LogP contribution in [0.1, 0.15) is 35.4 Å². The van der Waals surface area contributed by atoms with Crippen molar-refractivity contribution in [1.29, 1.82) is 0 Å². The van der Waals surface area contributed by atoms with Gasteiger partial charge in [-0.25, -0.2) is 0 Å². The molecular formula is C20H24N2O4. The van der Waals surface area contributed by atoms with Gasteiger partial charge in [0.1, 0.15) is 5.76 Å². The van der Waals surface area contributed by atoms with E-state index in [4.69, 9.17) is 9.15 Å². The highest BCUT2D eigenvalue weighted by molar-refractivity contribution is 5.97. The first-order chi connectivity index (χ1) is 12.7. The van der Waals surface area contributed by atoms with Crippen molar-refractivity contribution in [3.05, 3.63) is 54.0 Å². The zero-order valence-corrected chi connectivity index (χ0v) is 15.0. The van der Waals surface area contributed by atoms with Gasteiger partial charge >= 0.3 is 0 Å². The Morgan fingerprint density at radius 1 is 1.23 bits per heavy atom. The highest BCUT2D eigenvalue weighted by Crippen LogP contribution is 2.22. The molecule has 138 valence electrons. The van der Waals surface area contributed by atoms with Gasteiger partial charge in [-0.05, 0) is 49.2 Å². The second-order valence-corrected chi connectivity index (χ2v) is 6.35. The maximum atomic E-state index is 12.9. The van der Waals surface area contributed by atoms with E-state index in [1.165, 1.54) is 0 Å². The van der Waals surface area contributed by atoms with E-state index in [1.54, 1.807) is 41.4 Å². The van der Waals surface area contributed by atoms with Crippen LogP contribution in [-0.2, 0) is 16.1 Å². The summed E-state index contributed by atoms with van der Waals surface area (Å²) >= 11 is 0. The van der Waals surface area contributed by atoms with Crippen molar-refractivity contribution >= 4 is 17.5 Å². The number of ether oxygens (including phenoxy) is 1. The highest BCUT2D eigenvalue weighted by atomic mass is 16.5. The first kappa shape index (κ1) is 18.2. The number of anilines is 1. The van der Waals surface area contributed by atoms with Crippen molar-refractivity contribution < 1.29 is 18.7 Å². The molecule has 1 aliphatic rings. The molecule has 1 saturated heterocycles. The first-order valence-electron chi connectivity index (χ1n) is 8.90. The van der Waals surface area contributed by atoms with E-state index in [9.17, 15) is 9.59 Å². The molecule has 0 atom stereocenters. The number of carbonyl (C=O) groups excluding carboxylic acids is 2. The highest BCUT2D eigenvalue weighted by Gasteiger charge is 2.21. The summed E-state index contributed by atoms with van der Waals surface area (Å²) in [5, 5.41) is 0. The number of furan rings is 1. The molecule has 0 spiro atoms. The molecule has 6 heteroatoms. The molecule has 6 nitrogen and oxygen atoms in total. The van der Waals surface area contributed by atoms with E-state index in [0.717, 1.165) is 30.8 Å². The average Bonchev–Trinajstić information content (AvgIpc) is 3.18. The second kappa shape index (κ2) is 8.67. The Morgan fingerprint density at radius 2 is 2.04 bits per heavy atom. The van der Waals surface area contributed by atoms with Crippen molar-refractivity contribution in [2.45, 2.75) is 25.8 Å². The molecule has 2 aromatic rings. The number of nitrogens with zero attached hydrogens (tertiary/aromatic N) is 2. The lowest BCUT2D eigenvalue weighted by atomic mass is 10.1. The Balaban J connectivity index is 1.72. The lowest BCUT2D eigenvalue weighted by Gasteiger charge is -2.27. The fourth-order valence-electron chi connectivity index (χ4n) is 3.09. The third-order valence-corrected chi connectivity index (χ3v) is 4.53. The SMILES string of the molecule is COCCN(Cc1ccco1)C(=O)c1ccc(N2CCCCC2=O)cc1. The number of piperidine rings is 1. The van der Waals surface area contributed by atoms with E-state index >= 15 is 0 Å². The van der Waals surface area contributed by atoms with Gasteiger partial charge in [-0.2, -0.15) is 0 Å². The summed E-state index contributed by atoms with van der Waals surface area (Å²) in [5.41, 5.74) is 1.43. The van der Waals surface area contributed by atoms with Gasteiger partial charge in [-0.1, -0.05) is 0 Å². The number of rotatable bonds is 7. The molecule has 1 aromatic carbocycles. The van der Waals surface area contributed by atoms with Crippen LogP contribution in [0.3, 0.4) is 0 Å². The maximum absolute atomic E-state index is 12.9. The normalized spacial score (nSPS) is 14.5. The molecular weight excluding hydrogens is 332 g/mol. The summed E-state index contributed by atoms with van der Waals surface area (Å²) in [4.78, 5) is 28.4. The predicted molar refractivity (Wildman–Crippen MR) is 98.0 cm³/mol. The van der Waals surface area contributed by atoms with Gasteiger partial charge in [0, 0.05) is 37.9 Å². The number of amides is 2. The lowest BCUT2D eigenvalue weighted by molar-refractivity contribution is -0.119. The van der Waals surface area contributed by atoms with Crippen molar-refractivity contribution in [3.63, 3.8) is 0 Å². The zero-order chi connectivity index (χ0) is 18.4. The summed E-state index contributed by atoms with van der Waals surface area (Å²) < 4.78 is 10.5. The number of benzene rings is 1. The molecule has 0 bridgehead atoms. The van der Waals surface area contributed by atoms with Crippen molar-refractivity contribution in [3.8, 4) is 0 Å². The molecule has 26 heavy (non-hydrogen) atoms. The van der Waals surface area contributed by atoms with Gasteiger partial charge < -0.3 is 19.0 Å². The Hall–Kier alpha value is -2.60. The Morgan fingerprint density at radius 3 is 2.69 bits per heavy atom. The van der Waals surface area contributed by atoms with Crippen LogP contribution in [-0.4, -0.2) is 43.5 Å². The first-order valence-corrected chi connectivity index (χ1v) is 8.90. The fraction of sp³-hybridized carbons (Fsp3) is 0.400. The third-order valence-electron chi connectivity index (χ3n) is 4.53. The average molecular weight is 356 g/mol. The monoisotopic (exact) mass is 356 g/mol. The molecule has 1 aliphatic heterocycles. The quantitative estimate of drug-likeness (QED) is 0.765. The Kier molecular flexibility index (Phi) is 6.07. The van der Waals surface area contributed by atoms with Gasteiger partial charge in [0.05, 0.1) is 19.4 Å². The Bertz CT molecular complexity index is 725. The van der Waals surface area contributed by atoms with E-state index in [0.29, 0.717) is 31.7 Å². The molecule has 0 aliphatic carbocycles. The number of hydrogen-bond acceptors (Lipinski definition) is 4. The van der Waals surface area contributed by atoms with Crippen LogP contribution in [0.25, 0.3) is 0 Å². The summed E-state index contributed by atoms with van der Waals surface area (Å²) in [7, 11) is 1.61. The van der Waals surface area contributed by atoms with Crippen LogP contribution < -0.4 is 4.90 Å². The molecule has 3 rings (SSSR count). The van der Waals surface area contributed by atoms with Crippen LogP contribution in [0.2, 0.25) is 0 Å². The van der Waals surface area contributed by atoms with Crippen LogP contribution in [0.5, 0.6) is 0 Å². The minimum absolute atomic E-state index is 0.0880. The third kappa shape index (κ3) is 4.32. The van der Waals surface area contributed by atoms with E-state index in [2.05, 4.69) is 0 Å². The van der Waals surface area contributed by atoms with Crippen LogP contribution in [0.4, 0.5) is 5.69 Å². The van der Waals surface area contributed by atoms with Gasteiger partial charge in [-0.15, -0.1) is 0 Å². The standard InChI is InChI=1S/C20H24N2O4/c1-25-14-12-21(15-18-5-4-13-26-18)20(24)16-7-9-17(10-8-16)22-11-3-2-6-19(22)23/h4-5,7-10,13H,2-3,6,11-12,14-15H2,1H3. The maximum Gasteiger partial charge on any atom is 0.254 e. The van der Waals surface area contributed by atoms with Gasteiger partial charge in [0.15, 0.2) is 0 Å².